The molecule has 0 aliphatic carbocycles. The van der Waals surface area contributed by atoms with Crippen molar-refractivity contribution in [1.82, 2.24) is 15.3 Å². The molecule has 6 nitrogen and oxygen atoms in total. The molecule has 2 aromatic rings. The second-order valence-corrected chi connectivity index (χ2v) is 6.25. The molecule has 0 saturated carbocycles. The average Bonchev–Trinajstić information content (AvgIpc) is 2.63. The molecule has 1 aromatic heterocycles. The van der Waals surface area contributed by atoms with Crippen molar-refractivity contribution in [2.75, 3.05) is 18.0 Å². The summed E-state index contributed by atoms with van der Waals surface area (Å²) in [6, 6.07) is 5.60. The number of nitrogens with zero attached hydrogens (tertiary/aromatic N) is 3. The van der Waals surface area contributed by atoms with Gasteiger partial charge in [-0.15, -0.1) is 0 Å². The van der Waals surface area contributed by atoms with Gasteiger partial charge in [-0.3, -0.25) is 4.79 Å². The summed E-state index contributed by atoms with van der Waals surface area (Å²) in [5.41, 5.74) is 0.914. The Morgan fingerprint density at radius 3 is 2.63 bits per heavy atom. The quantitative estimate of drug-likeness (QED) is 0.864. The van der Waals surface area contributed by atoms with E-state index in [2.05, 4.69) is 24.9 Å². The van der Waals surface area contributed by atoms with Gasteiger partial charge in [0.1, 0.15) is 12.1 Å². The summed E-state index contributed by atoms with van der Waals surface area (Å²) < 4.78 is 42.5. The number of halogens is 3. The van der Waals surface area contributed by atoms with Crippen LogP contribution in [0.25, 0.3) is 11.3 Å². The number of amides is 1. The van der Waals surface area contributed by atoms with Crippen molar-refractivity contribution < 1.29 is 22.7 Å². The lowest BCUT2D eigenvalue weighted by Gasteiger charge is -2.33. The van der Waals surface area contributed by atoms with Crippen molar-refractivity contribution in [2.45, 2.75) is 32.4 Å². The van der Waals surface area contributed by atoms with Crippen molar-refractivity contribution in [3.8, 4) is 17.0 Å². The number of rotatable bonds is 5. The van der Waals surface area contributed by atoms with E-state index in [9.17, 15) is 18.0 Å². The molecule has 1 fully saturated rings. The SMILES string of the molecule is CC(=O)NC1CCN(c2cc(-c3ccc(OC(F)F)c(F)c3)ncn2)CC1. The summed E-state index contributed by atoms with van der Waals surface area (Å²) in [5.74, 6) is -0.749. The fourth-order valence-electron chi connectivity index (χ4n) is 3.07. The Labute approximate surface area is 154 Å². The van der Waals surface area contributed by atoms with Crippen LogP contribution < -0.4 is 15.0 Å². The minimum absolute atomic E-state index is 0.0425. The van der Waals surface area contributed by atoms with Gasteiger partial charge in [0.25, 0.3) is 0 Å². The van der Waals surface area contributed by atoms with Gasteiger partial charge >= 0.3 is 6.61 Å². The molecule has 0 radical (unpaired) electrons. The van der Waals surface area contributed by atoms with Crippen molar-refractivity contribution in [2.24, 2.45) is 0 Å². The average molecular weight is 380 g/mol. The van der Waals surface area contributed by atoms with Crippen LogP contribution in [0.2, 0.25) is 0 Å². The molecular weight excluding hydrogens is 361 g/mol. The molecule has 9 heteroatoms. The van der Waals surface area contributed by atoms with Crippen LogP contribution in [0.3, 0.4) is 0 Å². The molecule has 1 amide bonds. The summed E-state index contributed by atoms with van der Waals surface area (Å²) in [6.07, 6.45) is 2.98. The zero-order chi connectivity index (χ0) is 19.4. The Hall–Kier alpha value is -2.84. The number of carbonyl (C=O) groups excluding carboxylic acids is 1. The van der Waals surface area contributed by atoms with Gasteiger partial charge in [0.05, 0.1) is 5.69 Å². The highest BCUT2D eigenvalue weighted by Crippen LogP contribution is 2.27. The van der Waals surface area contributed by atoms with Gasteiger partial charge in [0.2, 0.25) is 5.91 Å². The molecule has 1 aliphatic rings. The van der Waals surface area contributed by atoms with Crippen LogP contribution in [-0.2, 0) is 4.79 Å². The van der Waals surface area contributed by atoms with E-state index in [4.69, 9.17) is 0 Å². The smallest absolute Gasteiger partial charge is 0.387 e. The van der Waals surface area contributed by atoms with Crippen molar-refractivity contribution in [1.29, 1.82) is 0 Å². The largest absolute Gasteiger partial charge is 0.432 e. The fraction of sp³-hybridized carbons (Fsp3) is 0.389. The maximum atomic E-state index is 14.0. The maximum absolute atomic E-state index is 14.0. The normalized spacial score (nSPS) is 15.1. The highest BCUT2D eigenvalue weighted by Gasteiger charge is 2.21. The van der Waals surface area contributed by atoms with Crippen molar-refractivity contribution in [3.05, 3.63) is 36.4 Å². The number of ether oxygens (including phenoxy) is 1. The molecule has 144 valence electrons. The van der Waals surface area contributed by atoms with Crippen molar-refractivity contribution in [3.63, 3.8) is 0 Å². The summed E-state index contributed by atoms with van der Waals surface area (Å²) in [5, 5.41) is 2.91. The van der Waals surface area contributed by atoms with E-state index in [0.717, 1.165) is 38.1 Å². The standard InChI is InChI=1S/C18H19F3N4O2/c1-11(26)24-13-4-6-25(7-5-13)17-9-15(22-10-23-17)12-2-3-16(14(19)8-12)27-18(20)21/h2-3,8-10,13,18H,4-7H2,1H3,(H,24,26). The molecule has 1 saturated heterocycles. The van der Waals surface area contributed by atoms with Gasteiger partial charge in [-0.25, -0.2) is 14.4 Å². The highest BCUT2D eigenvalue weighted by atomic mass is 19.3. The molecular formula is C18H19F3N4O2. The predicted molar refractivity (Wildman–Crippen MR) is 93.1 cm³/mol. The minimum Gasteiger partial charge on any atom is -0.432 e. The number of alkyl halides is 2. The van der Waals surface area contributed by atoms with E-state index in [1.54, 1.807) is 6.07 Å². The Balaban J connectivity index is 1.73. The molecule has 1 N–H and O–H groups in total. The monoisotopic (exact) mass is 380 g/mol. The Kier molecular flexibility index (Phi) is 5.78. The lowest BCUT2D eigenvalue weighted by atomic mass is 10.0. The summed E-state index contributed by atoms with van der Waals surface area (Å²) in [6.45, 7) is -0.148. The van der Waals surface area contributed by atoms with Gasteiger partial charge in [-0.1, -0.05) is 0 Å². The molecule has 0 atom stereocenters. The van der Waals surface area contributed by atoms with Crippen molar-refractivity contribution >= 4 is 11.7 Å². The first-order chi connectivity index (χ1) is 12.9. The van der Waals surface area contributed by atoms with Gasteiger partial charge < -0.3 is 15.0 Å². The zero-order valence-corrected chi connectivity index (χ0v) is 14.7. The lowest BCUT2D eigenvalue weighted by molar-refractivity contribution is -0.119. The van der Waals surface area contributed by atoms with Gasteiger partial charge in [0, 0.05) is 37.7 Å². The molecule has 27 heavy (non-hydrogen) atoms. The number of hydrogen-bond donors (Lipinski definition) is 1. The molecule has 0 unspecified atom stereocenters. The van der Waals surface area contributed by atoms with Crippen LogP contribution in [0.15, 0.2) is 30.6 Å². The summed E-state index contributed by atoms with van der Waals surface area (Å²) in [7, 11) is 0. The number of carbonyl (C=O) groups is 1. The topological polar surface area (TPSA) is 67.4 Å². The number of piperidine rings is 1. The number of benzene rings is 1. The third kappa shape index (κ3) is 4.87. The number of hydrogen-bond acceptors (Lipinski definition) is 5. The third-order valence-corrected chi connectivity index (χ3v) is 4.32. The van der Waals surface area contributed by atoms with Crippen LogP contribution in [0.1, 0.15) is 19.8 Å². The number of anilines is 1. The third-order valence-electron chi connectivity index (χ3n) is 4.32. The second-order valence-electron chi connectivity index (χ2n) is 6.25. The predicted octanol–water partition coefficient (Wildman–Crippen LogP) is 2.99. The summed E-state index contributed by atoms with van der Waals surface area (Å²) in [4.78, 5) is 21.6. The van der Waals surface area contributed by atoms with Crippen LogP contribution in [0.4, 0.5) is 19.0 Å². The highest BCUT2D eigenvalue weighted by molar-refractivity contribution is 5.73. The fourth-order valence-corrected chi connectivity index (χ4v) is 3.07. The van der Waals surface area contributed by atoms with E-state index in [-0.39, 0.29) is 11.9 Å². The Bertz CT molecular complexity index is 811. The first-order valence-electron chi connectivity index (χ1n) is 8.51. The number of nitrogens with one attached hydrogen (secondary N) is 1. The zero-order valence-electron chi connectivity index (χ0n) is 14.7. The van der Waals surface area contributed by atoms with Crippen LogP contribution in [0.5, 0.6) is 5.75 Å². The van der Waals surface area contributed by atoms with E-state index in [1.807, 2.05) is 0 Å². The van der Waals surface area contributed by atoms with E-state index >= 15 is 0 Å². The molecule has 3 rings (SSSR count). The van der Waals surface area contributed by atoms with E-state index in [0.29, 0.717) is 17.1 Å². The first-order valence-corrected chi connectivity index (χ1v) is 8.51. The van der Waals surface area contributed by atoms with Gasteiger partial charge in [-0.05, 0) is 31.0 Å². The van der Waals surface area contributed by atoms with Crippen LogP contribution in [-0.4, -0.2) is 41.6 Å². The first kappa shape index (κ1) is 18.9. The molecule has 1 aromatic carbocycles. The minimum atomic E-state index is -3.09. The maximum Gasteiger partial charge on any atom is 0.387 e. The Morgan fingerprint density at radius 1 is 1.26 bits per heavy atom. The molecule has 0 bridgehead atoms. The number of aromatic nitrogens is 2. The van der Waals surface area contributed by atoms with Gasteiger partial charge in [0.15, 0.2) is 11.6 Å². The van der Waals surface area contributed by atoms with Crippen LogP contribution in [0, 0.1) is 5.82 Å². The lowest BCUT2D eigenvalue weighted by Crippen LogP contribution is -2.44. The van der Waals surface area contributed by atoms with Gasteiger partial charge in [-0.2, -0.15) is 8.78 Å². The van der Waals surface area contributed by atoms with Crippen LogP contribution >= 0.6 is 0 Å². The second kappa shape index (κ2) is 8.24. The molecule has 0 spiro atoms. The molecule has 2 heterocycles. The van der Waals surface area contributed by atoms with E-state index in [1.165, 1.54) is 19.3 Å². The summed E-state index contributed by atoms with van der Waals surface area (Å²) >= 11 is 0. The van der Waals surface area contributed by atoms with E-state index < -0.39 is 18.2 Å². The Morgan fingerprint density at radius 2 is 2.00 bits per heavy atom. The molecule has 1 aliphatic heterocycles.